The Morgan fingerprint density at radius 2 is 0.633 bits per heavy atom. The number of carbonyl (C=O) groups is 16. The zero-order valence-corrected chi connectivity index (χ0v) is 72.3. The maximum absolute atomic E-state index is 15.3. The first-order valence-electron chi connectivity index (χ1n) is 43.7. The minimum atomic E-state index is -1.50. The molecule has 0 radical (unpaired) electrons. The smallest absolute Gasteiger partial charge is 0.407 e. The van der Waals surface area contributed by atoms with E-state index in [0.29, 0.717) is 22.8 Å². The zero-order chi connectivity index (χ0) is 92.5. The molecule has 46 nitrogen and oxygen atoms in total. The van der Waals surface area contributed by atoms with Crippen LogP contribution < -0.4 is 97.4 Å². The first kappa shape index (κ1) is 102. The van der Waals surface area contributed by atoms with Gasteiger partial charge in [0.1, 0.15) is 61.5 Å². The van der Waals surface area contributed by atoms with Crippen molar-refractivity contribution in [1.82, 2.24) is 124 Å². The number of aromatic amines is 4. The lowest BCUT2D eigenvalue weighted by atomic mass is 10.0. The van der Waals surface area contributed by atoms with Crippen molar-refractivity contribution in [2.75, 3.05) is 78.7 Å². The number of alkyl carbamates (subject to hydrolysis) is 2. The zero-order valence-electron chi connectivity index (χ0n) is 72.3. The number of H-pyrrole nitrogens is 4. The van der Waals surface area contributed by atoms with Gasteiger partial charge in [0, 0.05) is 126 Å². The van der Waals surface area contributed by atoms with Crippen LogP contribution in [0.15, 0.2) is 75.4 Å². The fourth-order valence-electron chi connectivity index (χ4n) is 14.6. The molecule has 0 unspecified atom stereocenters. The molecule has 0 aliphatic carbocycles. The quantitative estimate of drug-likeness (QED) is 0.0147. The summed E-state index contributed by atoms with van der Waals surface area (Å²) in [4.78, 5) is 257. The Bertz CT molecular complexity index is 3950. The number of unbranched alkanes of at least 4 members (excludes halogenated alkanes) is 6. The number of amides is 16. The van der Waals surface area contributed by atoms with E-state index >= 15 is 28.8 Å². The Hall–Kier alpha value is -12.7. The minimum absolute atomic E-state index is 0.0184. The third-order valence-corrected chi connectivity index (χ3v) is 21.6. The minimum Gasteiger partial charge on any atom is -0.445 e. The Labute approximate surface area is 741 Å². The molecule has 26 N–H and O–H groups in total. The van der Waals surface area contributed by atoms with Gasteiger partial charge in [0.15, 0.2) is 0 Å². The molecular weight excluding hydrogens is 1670 g/mol. The van der Waals surface area contributed by atoms with Crippen molar-refractivity contribution in [1.29, 1.82) is 0 Å². The summed E-state index contributed by atoms with van der Waals surface area (Å²) in [7, 11) is 0. The molecule has 46 heteroatoms. The number of hydrogen-bond donors (Lipinski definition) is 22. The second kappa shape index (κ2) is 56.4. The van der Waals surface area contributed by atoms with Gasteiger partial charge in [-0.2, -0.15) is 0 Å². The van der Waals surface area contributed by atoms with E-state index in [4.69, 9.17) is 32.4 Å². The summed E-state index contributed by atoms with van der Waals surface area (Å²) in [5, 5.41) is 38.1. The van der Waals surface area contributed by atoms with Crippen molar-refractivity contribution in [2.24, 2.45) is 22.9 Å². The first-order valence-corrected chi connectivity index (χ1v) is 43.7. The molecule has 0 spiro atoms. The van der Waals surface area contributed by atoms with Crippen molar-refractivity contribution >= 4 is 94.9 Å². The highest BCUT2D eigenvalue weighted by Gasteiger charge is 2.42. The lowest BCUT2D eigenvalue weighted by Gasteiger charge is -2.31. The Balaban J connectivity index is 1.22. The van der Waals surface area contributed by atoms with Crippen LogP contribution >= 0.6 is 0 Å². The highest BCUT2D eigenvalue weighted by atomic mass is 16.6. The molecule has 0 bridgehead atoms. The third kappa shape index (κ3) is 36.7. The maximum atomic E-state index is 15.3. The van der Waals surface area contributed by atoms with Crippen LogP contribution in [0, 0.1) is 0 Å². The molecule has 0 saturated carbocycles. The Morgan fingerprint density at radius 1 is 0.375 bits per heavy atom. The number of rotatable bonds is 46. The van der Waals surface area contributed by atoms with Crippen molar-refractivity contribution in [3.8, 4) is 0 Å². The van der Waals surface area contributed by atoms with Crippen LogP contribution in [-0.2, 0) is 102 Å². The van der Waals surface area contributed by atoms with E-state index in [1.165, 1.54) is 72.0 Å². The summed E-state index contributed by atoms with van der Waals surface area (Å²) in [6.07, 6.45) is 15.9. The summed E-state index contributed by atoms with van der Waals surface area (Å²) in [5.41, 5.74) is 27.3. The maximum Gasteiger partial charge on any atom is 0.407 e. The monoisotopic (exact) mass is 1790 g/mol. The van der Waals surface area contributed by atoms with Crippen LogP contribution in [0.25, 0.3) is 0 Å². The molecule has 704 valence electrons. The van der Waals surface area contributed by atoms with E-state index in [2.05, 4.69) is 127 Å². The number of nitrogens with zero attached hydrogens (tertiary/aromatic N) is 6. The standard InChI is InChI=1S/C82H128N28O18/c1-3-35-127-81(125)95-31-15-7-21-61-75(119)107-63(23-9-13-29-93-71(115)57(85)39-53-43-89-49-101-53)79(123)109-33-17-25-65(109)77(121)98-46-68(112)104-60(20-6-12-28-92-70(114)56(84)38-52-42-88-48-100-52)74(118)106-62(22-8-16-32-96-82(126)128-36-4-2)76(120)108-64(24-10-14-30-94-72(116)58(86)40-54-44-90-50-102-54)80(124)110-34-18-26-66(110)78(122)97-45-67(111)103-59(73(117)105-61)19-5-11-27-91-69(113)55(83)37-51-41-87-47-99-51/h3-4,41-44,47-50,55-66H,1-2,5-40,45-46,83-86H2,(H,87,99)(H,88,100)(H,89,101)(H,90,102)(H,91,113)(H,92,114)(H,93,115)(H,94,116)(H,95,125)(H,96,126)(H,97,122)(H,98,121)(H,103,111)(H,104,112)(H,105,117)(H,106,118)(H,107,119)(H,108,120)/t55-,56-,57-,58-,59-,60-,61-,62-,63-,64-,65-,66-/m0/s1. The summed E-state index contributed by atoms with van der Waals surface area (Å²) in [6, 6.07) is -15.2. The molecule has 3 saturated heterocycles. The van der Waals surface area contributed by atoms with Crippen LogP contribution in [0.3, 0.4) is 0 Å². The van der Waals surface area contributed by atoms with Gasteiger partial charge in [-0.3, -0.25) is 67.1 Å². The van der Waals surface area contributed by atoms with Gasteiger partial charge in [0.25, 0.3) is 0 Å². The Kier molecular flexibility index (Phi) is 45.1. The summed E-state index contributed by atoms with van der Waals surface area (Å²) < 4.78 is 10.1. The molecule has 7 heterocycles. The molecule has 16 amide bonds. The van der Waals surface area contributed by atoms with Gasteiger partial charge in [-0.1, -0.05) is 25.3 Å². The van der Waals surface area contributed by atoms with Gasteiger partial charge < -0.3 is 137 Å². The largest absolute Gasteiger partial charge is 0.445 e. The number of ether oxygens (including phenoxy) is 2. The predicted molar refractivity (Wildman–Crippen MR) is 462 cm³/mol. The van der Waals surface area contributed by atoms with Crippen molar-refractivity contribution < 1.29 is 86.2 Å². The van der Waals surface area contributed by atoms with Crippen LogP contribution in [-0.4, -0.2) is 296 Å². The predicted octanol–water partition coefficient (Wildman–Crippen LogP) is -4.39. The highest BCUT2D eigenvalue weighted by Crippen LogP contribution is 2.23. The number of hydrogen-bond acceptors (Lipinski definition) is 26. The fourth-order valence-corrected chi connectivity index (χ4v) is 14.6. The molecule has 7 rings (SSSR count). The van der Waals surface area contributed by atoms with E-state index in [9.17, 15) is 47.9 Å². The summed E-state index contributed by atoms with van der Waals surface area (Å²) >= 11 is 0. The molecule has 4 aromatic heterocycles. The van der Waals surface area contributed by atoms with Gasteiger partial charge in [-0.25, -0.2) is 29.5 Å². The molecule has 0 aromatic carbocycles. The van der Waals surface area contributed by atoms with Gasteiger partial charge in [-0.15, -0.1) is 0 Å². The van der Waals surface area contributed by atoms with Gasteiger partial charge in [0.05, 0.1) is 62.6 Å². The molecule has 3 aliphatic rings. The van der Waals surface area contributed by atoms with E-state index < -0.39 is 180 Å². The van der Waals surface area contributed by atoms with E-state index in [0.717, 1.165) is 0 Å². The number of nitrogens with one attached hydrogen (secondary N) is 18. The topological polar surface area (TPSA) is 685 Å². The van der Waals surface area contributed by atoms with Gasteiger partial charge in [-0.05, 0) is 141 Å². The van der Waals surface area contributed by atoms with E-state index in [-0.39, 0.29) is 233 Å². The normalized spacial score (nSPS) is 20.5. The second-order valence-electron chi connectivity index (χ2n) is 31.6. The van der Waals surface area contributed by atoms with E-state index in [1.54, 1.807) is 0 Å². The lowest BCUT2D eigenvalue weighted by Crippen LogP contribution is -2.59. The van der Waals surface area contributed by atoms with Crippen LogP contribution in [0.5, 0.6) is 0 Å². The van der Waals surface area contributed by atoms with Crippen molar-refractivity contribution in [3.63, 3.8) is 0 Å². The highest BCUT2D eigenvalue weighted by molar-refractivity contribution is 5.99. The SMILES string of the molecule is C=CCOC(=O)NCCCC[C@@H]1NC(=O)[C@H](CCCCNC(=O)[C@@H](N)Cc2cnc[nH]2)NC(=O)CNC(=O)[C@@H]2CCCN2C(=O)[C@H](CCCCNC(=O)[C@@H](N)Cc2cnc[nH]2)NC(=O)[C@H](CCCCNC(=O)OCC=C)NC(=O)[C@H](CCCCNC(=O)[C@@H](N)Cc2cnc[nH]2)NC(=O)CNC(=O)[C@@H]2CCCN2C(=O)[C@H](CCCCNC(=O)[C@@H](N)Cc2cnc[nH]2)NC1=O. The number of nitrogens with two attached hydrogens (primary N) is 4. The molecule has 12 atom stereocenters. The van der Waals surface area contributed by atoms with Crippen LogP contribution in [0.1, 0.15) is 164 Å². The molecule has 3 fully saturated rings. The van der Waals surface area contributed by atoms with Crippen molar-refractivity contribution in [3.05, 3.63) is 98.2 Å². The Morgan fingerprint density at radius 3 is 0.898 bits per heavy atom. The lowest BCUT2D eigenvalue weighted by molar-refractivity contribution is -0.142. The molecule has 4 aromatic rings. The van der Waals surface area contributed by atoms with Gasteiger partial charge in [0.2, 0.25) is 82.7 Å². The number of imidazole rings is 4. The average molecular weight is 1790 g/mol. The molecular formula is C82H128N28O18. The summed E-state index contributed by atoms with van der Waals surface area (Å²) in [5.74, 6) is -10.4. The van der Waals surface area contributed by atoms with Crippen molar-refractivity contribution in [2.45, 2.75) is 239 Å². The second-order valence-corrected chi connectivity index (χ2v) is 31.6. The van der Waals surface area contributed by atoms with Crippen LogP contribution in [0.4, 0.5) is 9.59 Å². The summed E-state index contributed by atoms with van der Waals surface area (Å²) in [6.45, 7) is 5.70. The molecule has 3 aliphatic heterocycles. The average Bonchev–Trinajstić information content (AvgIpc) is 1.64. The van der Waals surface area contributed by atoms with Crippen LogP contribution in [0.2, 0.25) is 0 Å². The molecule has 128 heavy (non-hydrogen) atoms. The first-order chi connectivity index (χ1) is 61.7. The van der Waals surface area contributed by atoms with E-state index in [1.807, 2.05) is 0 Å². The fraction of sp³-hybridized carbons (Fsp3) is 0.610. The number of aromatic nitrogens is 8. The van der Waals surface area contributed by atoms with Gasteiger partial charge >= 0.3 is 12.2 Å². The number of fused-ring (bicyclic) bond motifs is 2. The number of carbonyl (C=O) groups excluding carboxylic acids is 16. The third-order valence-electron chi connectivity index (χ3n) is 21.6.